The van der Waals surface area contributed by atoms with Crippen LogP contribution in [-0.4, -0.2) is 24.5 Å². The molecule has 1 fully saturated rings. The predicted molar refractivity (Wildman–Crippen MR) is 77.7 cm³/mol. The van der Waals surface area contributed by atoms with E-state index in [2.05, 4.69) is 50.8 Å². The fourth-order valence-electron chi connectivity index (χ4n) is 3.01. The lowest BCUT2D eigenvalue weighted by molar-refractivity contribution is 0.223. The summed E-state index contributed by atoms with van der Waals surface area (Å²) in [7, 11) is 0. The fraction of sp³-hybridized carbons (Fsp3) is 0.625. The van der Waals surface area contributed by atoms with Crippen LogP contribution in [-0.2, 0) is 0 Å². The molecule has 0 saturated carbocycles. The van der Waals surface area contributed by atoms with Gasteiger partial charge in [0.1, 0.15) is 0 Å². The highest BCUT2D eigenvalue weighted by Gasteiger charge is 2.33. The number of rotatable bonds is 3. The minimum absolute atomic E-state index is 0.381. The lowest BCUT2D eigenvalue weighted by Crippen LogP contribution is -2.33. The number of hydrogen-bond donors (Lipinski definition) is 1. The Kier molecular flexibility index (Phi) is 3.79. The maximum absolute atomic E-state index is 6.05. The van der Waals surface area contributed by atoms with Crippen LogP contribution >= 0.6 is 0 Å². The van der Waals surface area contributed by atoms with Gasteiger partial charge in [-0.3, -0.25) is 4.90 Å². The third-order valence-corrected chi connectivity index (χ3v) is 4.16. The SMILES string of the molecule is Cc1ccc(C)c(C(CN)N2CCC(C)(C)C2)c1. The number of nitrogens with zero attached hydrogens (tertiary/aromatic N) is 1. The van der Waals surface area contributed by atoms with Crippen LogP contribution in [0, 0.1) is 19.3 Å². The van der Waals surface area contributed by atoms with E-state index >= 15 is 0 Å². The van der Waals surface area contributed by atoms with E-state index < -0.39 is 0 Å². The lowest BCUT2D eigenvalue weighted by atomic mass is 9.93. The van der Waals surface area contributed by atoms with Gasteiger partial charge in [-0.2, -0.15) is 0 Å². The first-order valence-electron chi connectivity index (χ1n) is 6.94. The minimum atomic E-state index is 0.381. The maximum atomic E-state index is 6.05. The Hall–Kier alpha value is -0.860. The van der Waals surface area contributed by atoms with Crippen molar-refractivity contribution in [2.45, 2.75) is 40.2 Å². The van der Waals surface area contributed by atoms with Gasteiger partial charge in [-0.1, -0.05) is 37.6 Å². The van der Waals surface area contributed by atoms with E-state index in [0.717, 1.165) is 6.54 Å². The topological polar surface area (TPSA) is 29.3 Å². The first-order valence-corrected chi connectivity index (χ1v) is 6.94. The number of aryl methyl sites for hydroxylation is 2. The zero-order valence-electron chi connectivity index (χ0n) is 12.2. The van der Waals surface area contributed by atoms with Crippen molar-refractivity contribution in [3.63, 3.8) is 0 Å². The molecular formula is C16H26N2. The number of hydrogen-bond acceptors (Lipinski definition) is 2. The Bertz CT molecular complexity index is 423. The highest BCUT2D eigenvalue weighted by Crippen LogP contribution is 2.35. The first-order chi connectivity index (χ1) is 8.43. The molecule has 1 aromatic rings. The van der Waals surface area contributed by atoms with Gasteiger partial charge in [0, 0.05) is 19.1 Å². The summed E-state index contributed by atoms with van der Waals surface area (Å²) in [6.45, 7) is 12.1. The van der Waals surface area contributed by atoms with E-state index in [1.807, 2.05) is 0 Å². The summed E-state index contributed by atoms with van der Waals surface area (Å²) in [5, 5.41) is 0. The highest BCUT2D eigenvalue weighted by molar-refractivity contribution is 5.33. The zero-order valence-corrected chi connectivity index (χ0v) is 12.2. The summed E-state index contributed by atoms with van der Waals surface area (Å²) in [6.07, 6.45) is 1.27. The molecule has 1 saturated heterocycles. The minimum Gasteiger partial charge on any atom is -0.329 e. The largest absolute Gasteiger partial charge is 0.329 e. The molecule has 1 heterocycles. The third kappa shape index (κ3) is 2.76. The predicted octanol–water partition coefficient (Wildman–Crippen LogP) is 3.04. The van der Waals surface area contributed by atoms with Gasteiger partial charge in [0.2, 0.25) is 0 Å². The van der Waals surface area contributed by atoms with Crippen molar-refractivity contribution >= 4 is 0 Å². The Morgan fingerprint density at radius 3 is 2.61 bits per heavy atom. The van der Waals surface area contributed by atoms with Crippen molar-refractivity contribution in [2.24, 2.45) is 11.1 Å². The monoisotopic (exact) mass is 246 g/mol. The Labute approximate surface area is 111 Å². The average molecular weight is 246 g/mol. The van der Waals surface area contributed by atoms with Crippen molar-refractivity contribution in [3.05, 3.63) is 34.9 Å². The molecular weight excluding hydrogens is 220 g/mol. The highest BCUT2D eigenvalue weighted by atomic mass is 15.2. The number of likely N-dealkylation sites (tertiary alicyclic amines) is 1. The third-order valence-electron chi connectivity index (χ3n) is 4.16. The molecule has 0 amide bonds. The Balaban J connectivity index is 2.26. The van der Waals surface area contributed by atoms with Crippen LogP contribution in [0.4, 0.5) is 0 Å². The second-order valence-electron chi connectivity index (χ2n) is 6.50. The molecule has 1 aromatic carbocycles. The molecule has 100 valence electrons. The summed E-state index contributed by atoms with van der Waals surface area (Å²) in [5.74, 6) is 0. The van der Waals surface area contributed by atoms with Crippen LogP contribution in [0.15, 0.2) is 18.2 Å². The summed E-state index contributed by atoms with van der Waals surface area (Å²) in [5.41, 5.74) is 10.6. The molecule has 2 N–H and O–H groups in total. The molecule has 1 unspecified atom stereocenters. The van der Waals surface area contributed by atoms with Crippen molar-refractivity contribution < 1.29 is 0 Å². The smallest absolute Gasteiger partial charge is 0.0473 e. The standard InChI is InChI=1S/C16H26N2/c1-12-5-6-13(2)14(9-12)15(10-17)18-8-7-16(3,4)11-18/h5-6,9,15H,7-8,10-11,17H2,1-4H3. The van der Waals surface area contributed by atoms with E-state index in [-0.39, 0.29) is 0 Å². The maximum Gasteiger partial charge on any atom is 0.0473 e. The van der Waals surface area contributed by atoms with Crippen LogP contribution in [0.3, 0.4) is 0 Å². The van der Waals surface area contributed by atoms with Gasteiger partial charge < -0.3 is 5.73 Å². The van der Waals surface area contributed by atoms with Gasteiger partial charge in [-0.15, -0.1) is 0 Å². The molecule has 2 nitrogen and oxygen atoms in total. The van der Waals surface area contributed by atoms with Crippen LogP contribution in [0.2, 0.25) is 0 Å². The number of benzene rings is 1. The normalized spacial score (nSPS) is 21.2. The van der Waals surface area contributed by atoms with E-state index in [1.165, 1.54) is 29.7 Å². The molecule has 2 heteroatoms. The molecule has 1 aliphatic heterocycles. The lowest BCUT2D eigenvalue weighted by Gasteiger charge is -2.30. The average Bonchev–Trinajstić information content (AvgIpc) is 2.65. The van der Waals surface area contributed by atoms with Gasteiger partial charge in [0.25, 0.3) is 0 Å². The second kappa shape index (κ2) is 5.02. The molecule has 18 heavy (non-hydrogen) atoms. The second-order valence-corrected chi connectivity index (χ2v) is 6.50. The summed E-state index contributed by atoms with van der Waals surface area (Å²) >= 11 is 0. The van der Waals surface area contributed by atoms with Crippen LogP contribution in [0.5, 0.6) is 0 Å². The molecule has 0 aromatic heterocycles. The van der Waals surface area contributed by atoms with Gasteiger partial charge in [0.05, 0.1) is 0 Å². The van der Waals surface area contributed by atoms with Crippen LogP contribution in [0.1, 0.15) is 43.0 Å². The van der Waals surface area contributed by atoms with E-state index in [4.69, 9.17) is 5.73 Å². The molecule has 1 aliphatic rings. The molecule has 0 radical (unpaired) electrons. The van der Waals surface area contributed by atoms with Gasteiger partial charge >= 0.3 is 0 Å². The van der Waals surface area contributed by atoms with E-state index in [9.17, 15) is 0 Å². The van der Waals surface area contributed by atoms with E-state index in [0.29, 0.717) is 18.0 Å². The van der Waals surface area contributed by atoms with Gasteiger partial charge in [-0.05, 0) is 43.4 Å². The van der Waals surface area contributed by atoms with Crippen molar-refractivity contribution in [2.75, 3.05) is 19.6 Å². The first kappa shape index (κ1) is 13.6. The number of nitrogens with two attached hydrogens (primary N) is 1. The van der Waals surface area contributed by atoms with Gasteiger partial charge in [0.15, 0.2) is 0 Å². The Morgan fingerprint density at radius 2 is 2.06 bits per heavy atom. The summed E-state index contributed by atoms with van der Waals surface area (Å²) in [4.78, 5) is 2.56. The van der Waals surface area contributed by atoms with Crippen molar-refractivity contribution in [1.82, 2.24) is 4.90 Å². The summed E-state index contributed by atoms with van der Waals surface area (Å²) in [6, 6.07) is 7.08. The van der Waals surface area contributed by atoms with Crippen molar-refractivity contribution in [1.29, 1.82) is 0 Å². The van der Waals surface area contributed by atoms with Gasteiger partial charge in [-0.25, -0.2) is 0 Å². The fourth-order valence-corrected chi connectivity index (χ4v) is 3.01. The molecule has 0 aliphatic carbocycles. The molecule has 1 atom stereocenters. The summed E-state index contributed by atoms with van der Waals surface area (Å²) < 4.78 is 0. The zero-order chi connectivity index (χ0) is 13.3. The molecule has 0 spiro atoms. The van der Waals surface area contributed by atoms with Crippen LogP contribution < -0.4 is 5.73 Å². The molecule has 0 bridgehead atoms. The van der Waals surface area contributed by atoms with E-state index in [1.54, 1.807) is 0 Å². The Morgan fingerprint density at radius 1 is 1.33 bits per heavy atom. The van der Waals surface area contributed by atoms with Crippen LogP contribution in [0.25, 0.3) is 0 Å². The van der Waals surface area contributed by atoms with Crippen molar-refractivity contribution in [3.8, 4) is 0 Å². The quantitative estimate of drug-likeness (QED) is 0.888. The molecule has 2 rings (SSSR count).